The average molecular weight is 483 g/mol. The van der Waals surface area contributed by atoms with E-state index in [4.69, 9.17) is 0 Å². The highest BCUT2D eigenvalue weighted by Gasteiger charge is 2.38. The average Bonchev–Trinajstić information content (AvgIpc) is 3.30. The molecule has 0 aromatic heterocycles. The predicted molar refractivity (Wildman–Crippen MR) is 143 cm³/mol. The van der Waals surface area contributed by atoms with Gasteiger partial charge in [-0.3, -0.25) is 24.3 Å². The quantitative estimate of drug-likeness (QED) is 0.561. The van der Waals surface area contributed by atoms with E-state index in [1.807, 2.05) is 54.6 Å². The summed E-state index contributed by atoms with van der Waals surface area (Å²) in [6.45, 7) is 7.38. The van der Waals surface area contributed by atoms with E-state index >= 15 is 0 Å². The van der Waals surface area contributed by atoms with Gasteiger partial charge in [0, 0.05) is 51.4 Å². The van der Waals surface area contributed by atoms with Crippen LogP contribution in [0.2, 0.25) is 0 Å². The molecule has 0 spiro atoms. The summed E-state index contributed by atoms with van der Waals surface area (Å²) in [6.07, 6.45) is 0.548. The van der Waals surface area contributed by atoms with Gasteiger partial charge >= 0.3 is 0 Å². The molecule has 0 radical (unpaired) electrons. The molecule has 186 valence electrons. The molecular formula is C30H34N4O2. The lowest BCUT2D eigenvalue weighted by atomic mass is 10.1. The van der Waals surface area contributed by atoms with Crippen LogP contribution in [-0.4, -0.2) is 60.4 Å². The zero-order chi connectivity index (χ0) is 24.9. The normalized spacial score (nSPS) is 18.1. The van der Waals surface area contributed by atoms with Gasteiger partial charge in [-0.05, 0) is 29.7 Å². The summed E-state index contributed by atoms with van der Waals surface area (Å²) in [7, 11) is 0. The number of benzene rings is 3. The molecule has 0 aliphatic carbocycles. The molecule has 1 N–H and O–H groups in total. The van der Waals surface area contributed by atoms with E-state index in [-0.39, 0.29) is 11.8 Å². The number of nitrogens with zero attached hydrogens (tertiary/aromatic N) is 3. The second-order valence-corrected chi connectivity index (χ2v) is 9.85. The van der Waals surface area contributed by atoms with Gasteiger partial charge in [-0.1, -0.05) is 78.4 Å². The molecule has 6 heteroatoms. The van der Waals surface area contributed by atoms with Crippen molar-refractivity contribution < 1.29 is 9.59 Å². The number of amides is 2. The molecular weight excluding hydrogens is 448 g/mol. The number of carbonyl (C=O) groups excluding carboxylic acids is 2. The Balaban J connectivity index is 1.20. The summed E-state index contributed by atoms with van der Waals surface area (Å²) in [5.41, 5.74) is 5.55. The van der Waals surface area contributed by atoms with Gasteiger partial charge in [-0.15, -0.1) is 0 Å². The van der Waals surface area contributed by atoms with Crippen molar-refractivity contribution in [2.75, 3.05) is 37.6 Å². The minimum atomic E-state index is -0.513. The van der Waals surface area contributed by atoms with E-state index in [9.17, 15) is 9.59 Å². The molecule has 0 unspecified atom stereocenters. The van der Waals surface area contributed by atoms with Crippen molar-refractivity contribution >= 4 is 17.5 Å². The maximum atomic E-state index is 13.6. The molecule has 0 saturated carbocycles. The second kappa shape index (κ2) is 11.1. The molecule has 3 aromatic rings. The van der Waals surface area contributed by atoms with Gasteiger partial charge in [-0.25, -0.2) is 0 Å². The minimum absolute atomic E-state index is 0.00760. The molecule has 2 heterocycles. The number of fused-ring (bicyclic) bond motifs is 1. The van der Waals surface area contributed by atoms with E-state index in [0.717, 1.165) is 49.5 Å². The summed E-state index contributed by atoms with van der Waals surface area (Å²) < 4.78 is 0. The Bertz CT molecular complexity index is 1190. The first-order valence-electron chi connectivity index (χ1n) is 12.8. The van der Waals surface area contributed by atoms with Gasteiger partial charge in [0.25, 0.3) is 0 Å². The third-order valence-electron chi connectivity index (χ3n) is 7.21. The largest absolute Gasteiger partial charge is 0.350 e. The zero-order valence-corrected chi connectivity index (χ0v) is 20.9. The molecule has 1 saturated heterocycles. The number of hydrogen-bond acceptors (Lipinski definition) is 4. The van der Waals surface area contributed by atoms with Crippen molar-refractivity contribution in [3.63, 3.8) is 0 Å². The van der Waals surface area contributed by atoms with Gasteiger partial charge in [0.2, 0.25) is 11.8 Å². The fourth-order valence-corrected chi connectivity index (χ4v) is 5.13. The van der Waals surface area contributed by atoms with Crippen molar-refractivity contribution in [1.29, 1.82) is 0 Å². The number of anilines is 1. The Morgan fingerprint density at radius 2 is 1.47 bits per heavy atom. The van der Waals surface area contributed by atoms with Crippen LogP contribution in [0.15, 0.2) is 78.9 Å². The first-order valence-corrected chi connectivity index (χ1v) is 12.8. The number of piperazine rings is 1. The van der Waals surface area contributed by atoms with E-state index in [1.54, 1.807) is 4.90 Å². The molecule has 1 fully saturated rings. The first kappa shape index (κ1) is 24.2. The van der Waals surface area contributed by atoms with E-state index in [2.05, 4.69) is 46.3 Å². The number of para-hydroxylation sites is 1. The second-order valence-electron chi connectivity index (χ2n) is 9.85. The number of nitrogens with one attached hydrogen (secondary N) is 1. The Morgan fingerprint density at radius 1 is 0.806 bits per heavy atom. The molecule has 2 aliphatic heterocycles. The van der Waals surface area contributed by atoms with Crippen LogP contribution in [0.4, 0.5) is 5.69 Å². The van der Waals surface area contributed by atoms with Gasteiger partial charge in [0.1, 0.15) is 6.04 Å². The molecule has 2 amide bonds. The summed E-state index contributed by atoms with van der Waals surface area (Å²) in [4.78, 5) is 33.2. The van der Waals surface area contributed by atoms with Crippen molar-refractivity contribution in [3.05, 3.63) is 101 Å². The molecule has 6 nitrogen and oxygen atoms in total. The Morgan fingerprint density at radius 3 is 2.22 bits per heavy atom. The van der Waals surface area contributed by atoms with Crippen LogP contribution in [0.1, 0.15) is 22.3 Å². The van der Waals surface area contributed by atoms with Crippen molar-refractivity contribution in [2.24, 2.45) is 0 Å². The standard InChI is InChI=1S/C30H34N4O2/c1-23-11-13-25(14-12-23)21-32-15-17-33(18-16-32)22-29(35)34-27-10-6-5-9-26(27)19-28(34)30(36)31-20-24-7-3-2-4-8-24/h2-14,28H,15-22H2,1H3,(H,31,36)/t28-/m0/s1. The van der Waals surface area contributed by atoms with Crippen LogP contribution in [0.3, 0.4) is 0 Å². The van der Waals surface area contributed by atoms with Crippen LogP contribution in [0, 0.1) is 6.92 Å². The van der Waals surface area contributed by atoms with Crippen molar-refractivity contribution in [2.45, 2.75) is 32.5 Å². The lowest BCUT2D eigenvalue weighted by molar-refractivity contribution is -0.127. The maximum absolute atomic E-state index is 13.6. The van der Waals surface area contributed by atoms with Crippen LogP contribution >= 0.6 is 0 Å². The Labute approximate surface area is 213 Å². The van der Waals surface area contributed by atoms with Crippen LogP contribution in [-0.2, 0) is 29.1 Å². The molecule has 1 atom stereocenters. The zero-order valence-electron chi connectivity index (χ0n) is 20.9. The Hall–Kier alpha value is -3.48. The topological polar surface area (TPSA) is 55.9 Å². The van der Waals surface area contributed by atoms with E-state index in [0.29, 0.717) is 19.5 Å². The maximum Gasteiger partial charge on any atom is 0.243 e. The van der Waals surface area contributed by atoms with Gasteiger partial charge in [0.15, 0.2) is 0 Å². The highest BCUT2D eigenvalue weighted by atomic mass is 16.2. The lowest BCUT2D eigenvalue weighted by Gasteiger charge is -2.35. The van der Waals surface area contributed by atoms with Crippen molar-refractivity contribution in [1.82, 2.24) is 15.1 Å². The molecule has 3 aromatic carbocycles. The fraction of sp³-hybridized carbons (Fsp3) is 0.333. The summed E-state index contributed by atoms with van der Waals surface area (Å²) in [5, 5.41) is 3.04. The summed E-state index contributed by atoms with van der Waals surface area (Å²) >= 11 is 0. The van der Waals surface area contributed by atoms with Crippen LogP contribution in [0.25, 0.3) is 0 Å². The first-order chi connectivity index (χ1) is 17.6. The van der Waals surface area contributed by atoms with Gasteiger partial charge in [0.05, 0.1) is 6.54 Å². The molecule has 2 aliphatic rings. The van der Waals surface area contributed by atoms with Crippen molar-refractivity contribution in [3.8, 4) is 0 Å². The summed E-state index contributed by atoms with van der Waals surface area (Å²) in [5.74, 6) is -0.113. The lowest BCUT2D eigenvalue weighted by Crippen LogP contribution is -2.53. The smallest absolute Gasteiger partial charge is 0.243 e. The van der Waals surface area contributed by atoms with Gasteiger partial charge < -0.3 is 5.32 Å². The van der Waals surface area contributed by atoms with Gasteiger partial charge in [-0.2, -0.15) is 0 Å². The predicted octanol–water partition coefficient (Wildman–Crippen LogP) is 3.39. The van der Waals surface area contributed by atoms with E-state index < -0.39 is 6.04 Å². The number of aryl methyl sites for hydroxylation is 1. The SMILES string of the molecule is Cc1ccc(CN2CCN(CC(=O)N3c4ccccc4C[C@H]3C(=O)NCc3ccccc3)CC2)cc1. The number of carbonyl (C=O) groups is 2. The van der Waals surface area contributed by atoms with E-state index in [1.165, 1.54) is 11.1 Å². The highest BCUT2D eigenvalue weighted by molar-refractivity contribution is 6.04. The van der Waals surface area contributed by atoms with Crippen LogP contribution < -0.4 is 10.2 Å². The molecule has 5 rings (SSSR count). The molecule has 0 bridgehead atoms. The third-order valence-corrected chi connectivity index (χ3v) is 7.21. The monoisotopic (exact) mass is 482 g/mol. The highest BCUT2D eigenvalue weighted by Crippen LogP contribution is 2.32. The summed E-state index contributed by atoms with van der Waals surface area (Å²) in [6, 6.07) is 25.9. The Kier molecular flexibility index (Phi) is 7.44. The van der Waals surface area contributed by atoms with Crippen LogP contribution in [0.5, 0.6) is 0 Å². The molecule has 36 heavy (non-hydrogen) atoms. The fourth-order valence-electron chi connectivity index (χ4n) is 5.13. The number of hydrogen-bond donors (Lipinski definition) is 1. The minimum Gasteiger partial charge on any atom is -0.350 e. The third kappa shape index (κ3) is 5.66. The number of rotatable bonds is 7.